The molecule has 0 fully saturated rings. The molecule has 2 aromatic heterocycles. The highest BCUT2D eigenvalue weighted by Crippen LogP contribution is 2.18. The van der Waals surface area contributed by atoms with Crippen molar-refractivity contribution in [2.45, 2.75) is 40.7 Å². The Kier molecular flexibility index (Phi) is 4.37. The van der Waals surface area contributed by atoms with Crippen LogP contribution in [0.1, 0.15) is 29.3 Å². The molecule has 0 radical (unpaired) electrons. The van der Waals surface area contributed by atoms with E-state index in [9.17, 15) is 0 Å². The lowest BCUT2D eigenvalue weighted by atomic mass is 10.2. The number of rotatable bonds is 5. The fourth-order valence-corrected chi connectivity index (χ4v) is 2.35. The van der Waals surface area contributed by atoms with Crippen molar-refractivity contribution in [2.24, 2.45) is 0 Å². The molecule has 0 bridgehead atoms. The van der Waals surface area contributed by atoms with Gasteiger partial charge in [-0.1, -0.05) is 0 Å². The lowest BCUT2D eigenvalue weighted by Crippen LogP contribution is -2.23. The molecule has 5 heteroatoms. The van der Waals surface area contributed by atoms with Crippen molar-refractivity contribution in [3.63, 3.8) is 0 Å². The van der Waals surface area contributed by atoms with E-state index in [2.05, 4.69) is 38.4 Å². The number of nitrogens with zero attached hydrogens (tertiary/aromatic N) is 5. The number of hydrogen-bond acceptors (Lipinski definition) is 4. The zero-order valence-corrected chi connectivity index (χ0v) is 13.0. The maximum absolute atomic E-state index is 4.56. The number of imidazole rings is 1. The van der Waals surface area contributed by atoms with Gasteiger partial charge in [-0.2, -0.15) is 0 Å². The third kappa shape index (κ3) is 3.15. The van der Waals surface area contributed by atoms with Gasteiger partial charge < -0.3 is 9.47 Å². The molecule has 20 heavy (non-hydrogen) atoms. The van der Waals surface area contributed by atoms with Crippen LogP contribution in [0, 0.1) is 27.7 Å². The minimum atomic E-state index is 0.834. The molecule has 2 heterocycles. The van der Waals surface area contributed by atoms with Gasteiger partial charge in [0.2, 0.25) is 0 Å². The summed E-state index contributed by atoms with van der Waals surface area (Å²) in [6.45, 7) is 10.0. The fourth-order valence-electron chi connectivity index (χ4n) is 2.35. The third-order valence-electron chi connectivity index (χ3n) is 3.65. The van der Waals surface area contributed by atoms with Gasteiger partial charge in [-0.15, -0.1) is 0 Å². The molecule has 0 atom stereocenters. The zero-order valence-electron chi connectivity index (χ0n) is 13.0. The molecule has 0 saturated heterocycles. The van der Waals surface area contributed by atoms with Crippen molar-refractivity contribution < 1.29 is 0 Å². The predicted octanol–water partition coefficient (Wildman–Crippen LogP) is 2.43. The summed E-state index contributed by atoms with van der Waals surface area (Å²) in [4.78, 5) is 15.4. The molecule has 0 aliphatic carbocycles. The van der Waals surface area contributed by atoms with Gasteiger partial charge in [0.05, 0.1) is 0 Å². The second-order valence-corrected chi connectivity index (χ2v) is 5.25. The second-order valence-electron chi connectivity index (χ2n) is 5.25. The minimum Gasteiger partial charge on any atom is -0.359 e. The van der Waals surface area contributed by atoms with Crippen LogP contribution >= 0.6 is 0 Å². The van der Waals surface area contributed by atoms with Crippen LogP contribution in [0.15, 0.2) is 12.4 Å². The first-order valence-corrected chi connectivity index (χ1v) is 6.99. The largest absolute Gasteiger partial charge is 0.359 e. The fraction of sp³-hybridized carbons (Fsp3) is 0.533. The Bertz CT molecular complexity index is 588. The molecule has 0 aliphatic heterocycles. The quantitative estimate of drug-likeness (QED) is 0.839. The Balaban J connectivity index is 1.98. The van der Waals surface area contributed by atoms with Crippen LogP contribution < -0.4 is 4.90 Å². The van der Waals surface area contributed by atoms with E-state index in [0.717, 1.165) is 48.2 Å². The second kappa shape index (κ2) is 6.03. The minimum absolute atomic E-state index is 0.834. The zero-order chi connectivity index (χ0) is 14.7. The van der Waals surface area contributed by atoms with Gasteiger partial charge in [-0.3, -0.25) is 0 Å². The van der Waals surface area contributed by atoms with Gasteiger partial charge in [-0.05, 0) is 34.1 Å². The van der Waals surface area contributed by atoms with Crippen LogP contribution in [0.5, 0.6) is 0 Å². The van der Waals surface area contributed by atoms with Crippen LogP contribution in [0.25, 0.3) is 0 Å². The normalized spacial score (nSPS) is 10.8. The van der Waals surface area contributed by atoms with Crippen LogP contribution in [0.4, 0.5) is 5.82 Å². The maximum Gasteiger partial charge on any atom is 0.135 e. The molecule has 0 spiro atoms. The molecule has 0 unspecified atom stereocenters. The molecule has 0 amide bonds. The molecule has 0 aromatic carbocycles. The highest BCUT2D eigenvalue weighted by atomic mass is 15.2. The smallest absolute Gasteiger partial charge is 0.135 e. The van der Waals surface area contributed by atoms with E-state index in [-0.39, 0.29) is 0 Å². The van der Waals surface area contributed by atoms with Gasteiger partial charge in [0.1, 0.15) is 17.5 Å². The van der Waals surface area contributed by atoms with Crippen LogP contribution in [0.2, 0.25) is 0 Å². The first-order valence-electron chi connectivity index (χ1n) is 6.99. The summed E-state index contributed by atoms with van der Waals surface area (Å²) < 4.78 is 2.18. The summed E-state index contributed by atoms with van der Waals surface area (Å²) in [6, 6.07) is 0. The van der Waals surface area contributed by atoms with E-state index < -0.39 is 0 Å². The van der Waals surface area contributed by atoms with Gasteiger partial charge in [0.25, 0.3) is 0 Å². The molecule has 5 nitrogen and oxygen atoms in total. The summed E-state index contributed by atoms with van der Waals surface area (Å²) >= 11 is 0. The Labute approximate surface area is 120 Å². The average Bonchev–Trinajstić information content (AvgIpc) is 2.79. The van der Waals surface area contributed by atoms with E-state index in [0.29, 0.717) is 0 Å². The lowest BCUT2D eigenvalue weighted by molar-refractivity contribution is 0.620. The Morgan fingerprint density at radius 1 is 1.15 bits per heavy atom. The van der Waals surface area contributed by atoms with Crippen molar-refractivity contribution in [3.05, 3.63) is 35.3 Å². The molecule has 2 aromatic rings. The first kappa shape index (κ1) is 14.5. The SMILES string of the molecule is Cc1nc(C)c(C)c(N(C)CCCn2ccnc2C)n1. The third-order valence-corrected chi connectivity index (χ3v) is 3.65. The molecular weight excluding hydrogens is 250 g/mol. The first-order chi connectivity index (χ1) is 9.49. The van der Waals surface area contributed by atoms with Crippen LogP contribution in [0.3, 0.4) is 0 Å². The molecule has 0 saturated carbocycles. The summed E-state index contributed by atoms with van der Waals surface area (Å²) in [7, 11) is 2.09. The monoisotopic (exact) mass is 273 g/mol. The highest BCUT2D eigenvalue weighted by Gasteiger charge is 2.10. The van der Waals surface area contributed by atoms with Gasteiger partial charge in [0, 0.05) is 43.8 Å². The number of aromatic nitrogens is 4. The molecule has 0 aliphatic rings. The van der Waals surface area contributed by atoms with Gasteiger partial charge in [-0.25, -0.2) is 15.0 Å². The topological polar surface area (TPSA) is 46.8 Å². The van der Waals surface area contributed by atoms with E-state index >= 15 is 0 Å². The van der Waals surface area contributed by atoms with Crippen LogP contribution in [-0.2, 0) is 6.54 Å². The number of hydrogen-bond donors (Lipinski definition) is 0. The van der Waals surface area contributed by atoms with E-state index in [4.69, 9.17) is 0 Å². The van der Waals surface area contributed by atoms with E-state index in [1.54, 1.807) is 0 Å². The maximum atomic E-state index is 4.56. The molecule has 0 N–H and O–H groups in total. The molecule has 108 valence electrons. The Morgan fingerprint density at radius 3 is 2.55 bits per heavy atom. The van der Waals surface area contributed by atoms with Gasteiger partial charge in [0.15, 0.2) is 0 Å². The van der Waals surface area contributed by atoms with Crippen molar-refractivity contribution in [1.29, 1.82) is 0 Å². The molecular formula is C15H23N5. The van der Waals surface area contributed by atoms with Crippen LogP contribution in [-0.4, -0.2) is 33.1 Å². The van der Waals surface area contributed by atoms with E-state index in [1.165, 1.54) is 0 Å². The number of anilines is 1. The summed E-state index contributed by atoms with van der Waals surface area (Å²) in [5.41, 5.74) is 2.22. The van der Waals surface area contributed by atoms with E-state index in [1.807, 2.05) is 33.2 Å². The van der Waals surface area contributed by atoms with Crippen molar-refractivity contribution in [3.8, 4) is 0 Å². The van der Waals surface area contributed by atoms with Gasteiger partial charge >= 0.3 is 0 Å². The Morgan fingerprint density at radius 2 is 1.90 bits per heavy atom. The van der Waals surface area contributed by atoms with Crippen molar-refractivity contribution >= 4 is 5.82 Å². The Hall–Kier alpha value is -1.91. The summed E-state index contributed by atoms with van der Waals surface area (Å²) in [5.74, 6) is 2.94. The highest BCUT2D eigenvalue weighted by molar-refractivity contribution is 5.47. The lowest BCUT2D eigenvalue weighted by Gasteiger charge is -2.21. The predicted molar refractivity (Wildman–Crippen MR) is 81.1 cm³/mol. The number of aryl methyl sites for hydroxylation is 4. The standard InChI is InChI=1S/C15H23N5/c1-11-12(2)17-13(3)18-15(11)19(5)8-6-9-20-10-7-16-14(20)4/h7,10H,6,8-9H2,1-5H3. The average molecular weight is 273 g/mol. The van der Waals surface area contributed by atoms with Crippen molar-refractivity contribution in [1.82, 2.24) is 19.5 Å². The molecule has 2 rings (SSSR count). The summed E-state index contributed by atoms with van der Waals surface area (Å²) in [5, 5.41) is 0. The summed E-state index contributed by atoms with van der Waals surface area (Å²) in [6.07, 6.45) is 4.94. The van der Waals surface area contributed by atoms with Crippen molar-refractivity contribution in [2.75, 3.05) is 18.5 Å².